The number of carbonyl (C=O) groups excluding carboxylic acids is 1. The molecule has 0 aliphatic carbocycles. The van der Waals surface area contributed by atoms with Crippen molar-refractivity contribution in [2.45, 2.75) is 13.8 Å². The van der Waals surface area contributed by atoms with Crippen molar-refractivity contribution in [1.29, 1.82) is 0 Å². The molecule has 0 aliphatic heterocycles. The molecule has 2 nitrogen and oxygen atoms in total. The van der Waals surface area contributed by atoms with E-state index < -0.39 is 0 Å². The molecule has 0 fully saturated rings. The summed E-state index contributed by atoms with van der Waals surface area (Å²) in [6.45, 7) is 3.41. The van der Waals surface area contributed by atoms with Crippen LogP contribution in [-0.2, 0) is 9.53 Å². The molecule has 0 aromatic rings. The summed E-state index contributed by atoms with van der Waals surface area (Å²) in [7, 11) is 0. The first-order chi connectivity index (χ1) is 4.66. The van der Waals surface area contributed by atoms with Crippen molar-refractivity contribution < 1.29 is 9.53 Å². The topological polar surface area (TPSA) is 26.3 Å². The predicted octanol–water partition coefficient (Wildman–Crippen LogP) is 1.13. The Bertz CT molecular complexity index is 184. The zero-order valence-corrected chi connectivity index (χ0v) is 6.18. The van der Waals surface area contributed by atoms with E-state index in [0.29, 0.717) is 0 Å². The second kappa shape index (κ2) is 4.63. The first kappa shape index (κ1) is 8.77. The quantitative estimate of drug-likeness (QED) is 0.422. The number of ether oxygens (including phenoxy) is 1. The molecule has 0 bridgehead atoms. The number of carbonyl (C=O) groups is 1. The number of hydrogen-bond acceptors (Lipinski definition) is 2. The largest absolute Gasteiger partial charge is 0.462 e. The molecule has 0 heterocycles. The minimum atomic E-state index is -0.291. The molecule has 0 aromatic carbocycles. The van der Waals surface area contributed by atoms with Gasteiger partial charge >= 0.3 is 5.97 Å². The van der Waals surface area contributed by atoms with E-state index in [4.69, 9.17) is 6.42 Å². The summed E-state index contributed by atoms with van der Waals surface area (Å²) in [5.74, 6) is 2.12. The molecule has 0 aliphatic rings. The highest BCUT2D eigenvalue weighted by Crippen LogP contribution is 1.88. The molecule has 0 saturated carbocycles. The van der Waals surface area contributed by atoms with Gasteiger partial charge in [-0.2, -0.15) is 0 Å². The lowest BCUT2D eigenvalue weighted by Gasteiger charge is -1.94. The van der Waals surface area contributed by atoms with Gasteiger partial charge in [0.1, 0.15) is 6.61 Å². The molecule has 0 atom stereocenters. The van der Waals surface area contributed by atoms with Gasteiger partial charge in [-0.3, -0.25) is 4.79 Å². The van der Waals surface area contributed by atoms with Crippen LogP contribution in [0.25, 0.3) is 0 Å². The normalized spacial score (nSPS) is 10.3. The lowest BCUT2D eigenvalue weighted by molar-refractivity contribution is -0.139. The van der Waals surface area contributed by atoms with Gasteiger partial charge in [0.25, 0.3) is 0 Å². The van der Waals surface area contributed by atoms with E-state index in [9.17, 15) is 4.79 Å². The van der Waals surface area contributed by atoms with Crippen LogP contribution in [-0.4, -0.2) is 12.6 Å². The second-order valence-electron chi connectivity index (χ2n) is 1.83. The summed E-state index contributed by atoms with van der Waals surface area (Å²) in [6, 6.07) is 0. The Labute approximate surface area is 60.9 Å². The number of terminal acetylenes is 1. The average molecular weight is 138 g/mol. The summed E-state index contributed by atoms with van der Waals surface area (Å²) in [4.78, 5) is 10.2. The Morgan fingerprint density at radius 3 is 2.70 bits per heavy atom. The van der Waals surface area contributed by atoms with Crippen LogP contribution < -0.4 is 0 Å². The van der Waals surface area contributed by atoms with Gasteiger partial charge in [0.05, 0.1) is 0 Å². The SMILES string of the molecule is C#C/C(C)=C\COC(C)=O. The lowest BCUT2D eigenvalue weighted by Crippen LogP contribution is -1.97. The van der Waals surface area contributed by atoms with Crippen molar-refractivity contribution in [3.63, 3.8) is 0 Å². The van der Waals surface area contributed by atoms with E-state index in [2.05, 4.69) is 10.7 Å². The number of hydrogen-bond donors (Lipinski definition) is 0. The van der Waals surface area contributed by atoms with Gasteiger partial charge in [-0.1, -0.05) is 5.92 Å². The lowest BCUT2D eigenvalue weighted by atomic mass is 10.3. The van der Waals surface area contributed by atoms with E-state index >= 15 is 0 Å². The summed E-state index contributed by atoms with van der Waals surface area (Å²) in [6.07, 6.45) is 6.71. The van der Waals surface area contributed by atoms with E-state index in [-0.39, 0.29) is 12.6 Å². The maximum atomic E-state index is 10.2. The number of esters is 1. The monoisotopic (exact) mass is 138 g/mol. The highest BCUT2D eigenvalue weighted by atomic mass is 16.5. The fourth-order valence-corrected chi connectivity index (χ4v) is 0.343. The molecule has 0 amide bonds. The van der Waals surface area contributed by atoms with Crippen LogP contribution in [0.1, 0.15) is 13.8 Å². The van der Waals surface area contributed by atoms with Crippen LogP contribution in [0.2, 0.25) is 0 Å². The zero-order chi connectivity index (χ0) is 7.98. The number of rotatable bonds is 2. The molecule has 2 heteroatoms. The molecule has 0 unspecified atom stereocenters. The molecule has 0 radical (unpaired) electrons. The van der Waals surface area contributed by atoms with Gasteiger partial charge < -0.3 is 4.74 Å². The van der Waals surface area contributed by atoms with Gasteiger partial charge in [0, 0.05) is 6.92 Å². The van der Waals surface area contributed by atoms with Gasteiger partial charge in [0.2, 0.25) is 0 Å². The molecule has 0 aromatic heterocycles. The van der Waals surface area contributed by atoms with Crippen LogP contribution in [0.4, 0.5) is 0 Å². The van der Waals surface area contributed by atoms with Crippen molar-refractivity contribution in [2.75, 3.05) is 6.61 Å². The fraction of sp³-hybridized carbons (Fsp3) is 0.375. The molecule has 0 rings (SSSR count). The van der Waals surface area contributed by atoms with E-state index in [1.54, 1.807) is 13.0 Å². The molecule has 10 heavy (non-hydrogen) atoms. The van der Waals surface area contributed by atoms with Gasteiger partial charge in [0.15, 0.2) is 0 Å². The van der Waals surface area contributed by atoms with Crippen molar-refractivity contribution in [1.82, 2.24) is 0 Å². The van der Waals surface area contributed by atoms with Crippen molar-refractivity contribution in [3.8, 4) is 12.3 Å². The van der Waals surface area contributed by atoms with Crippen LogP contribution >= 0.6 is 0 Å². The van der Waals surface area contributed by atoms with Crippen LogP contribution in [0.5, 0.6) is 0 Å². The van der Waals surface area contributed by atoms with Crippen molar-refractivity contribution >= 4 is 5.97 Å². The maximum Gasteiger partial charge on any atom is 0.302 e. The minimum Gasteiger partial charge on any atom is -0.462 e. The van der Waals surface area contributed by atoms with E-state index in [0.717, 1.165) is 5.57 Å². The Hall–Kier alpha value is -1.23. The summed E-state index contributed by atoms with van der Waals surface area (Å²) in [5, 5.41) is 0. The fourth-order valence-electron chi connectivity index (χ4n) is 0.343. The molecular weight excluding hydrogens is 128 g/mol. The van der Waals surface area contributed by atoms with Crippen molar-refractivity contribution in [3.05, 3.63) is 11.6 Å². The van der Waals surface area contributed by atoms with E-state index in [1.165, 1.54) is 6.92 Å². The minimum absolute atomic E-state index is 0.269. The summed E-state index contributed by atoms with van der Waals surface area (Å²) >= 11 is 0. The van der Waals surface area contributed by atoms with Crippen LogP contribution in [0.3, 0.4) is 0 Å². The Morgan fingerprint density at radius 2 is 2.30 bits per heavy atom. The molecule has 0 spiro atoms. The molecule has 54 valence electrons. The average Bonchev–Trinajstić information content (AvgIpc) is 1.87. The number of allylic oxidation sites excluding steroid dienone is 1. The van der Waals surface area contributed by atoms with Gasteiger partial charge in [-0.25, -0.2) is 0 Å². The summed E-state index contributed by atoms with van der Waals surface area (Å²) < 4.78 is 4.60. The predicted molar refractivity (Wildman–Crippen MR) is 39.2 cm³/mol. The standard InChI is InChI=1S/C8H10O2/c1-4-7(2)5-6-10-8(3)9/h1,5H,6H2,2-3H3/b7-5-. The zero-order valence-electron chi connectivity index (χ0n) is 6.18. The Morgan fingerprint density at radius 1 is 1.70 bits per heavy atom. The third-order valence-corrected chi connectivity index (χ3v) is 0.904. The van der Waals surface area contributed by atoms with Crippen LogP contribution in [0.15, 0.2) is 11.6 Å². The highest BCUT2D eigenvalue weighted by Gasteiger charge is 1.87. The summed E-state index contributed by atoms with van der Waals surface area (Å²) in [5.41, 5.74) is 0.779. The van der Waals surface area contributed by atoms with Gasteiger partial charge in [-0.05, 0) is 18.6 Å². The van der Waals surface area contributed by atoms with Gasteiger partial charge in [-0.15, -0.1) is 6.42 Å². The molecule has 0 N–H and O–H groups in total. The third-order valence-electron chi connectivity index (χ3n) is 0.904. The molecular formula is C8H10O2. The smallest absolute Gasteiger partial charge is 0.302 e. The first-order valence-electron chi connectivity index (χ1n) is 2.93. The Balaban J connectivity index is 3.56. The first-order valence-corrected chi connectivity index (χ1v) is 2.93. The maximum absolute atomic E-state index is 10.2. The highest BCUT2D eigenvalue weighted by molar-refractivity contribution is 5.66. The van der Waals surface area contributed by atoms with Crippen LogP contribution in [0, 0.1) is 12.3 Å². The second-order valence-corrected chi connectivity index (χ2v) is 1.83. The van der Waals surface area contributed by atoms with Crippen molar-refractivity contribution in [2.24, 2.45) is 0 Å². The Kier molecular flexibility index (Phi) is 4.06. The third kappa shape index (κ3) is 4.92. The van der Waals surface area contributed by atoms with E-state index in [1.807, 2.05) is 0 Å². The molecule has 0 saturated heterocycles.